The van der Waals surface area contributed by atoms with Crippen LogP contribution < -0.4 is 5.32 Å². The fourth-order valence-electron chi connectivity index (χ4n) is 2.31. The first-order chi connectivity index (χ1) is 6.22. The number of rotatable bonds is 1. The molecule has 0 amide bonds. The van der Waals surface area contributed by atoms with Crippen molar-refractivity contribution in [3.8, 4) is 0 Å². The molecule has 0 radical (unpaired) electrons. The summed E-state index contributed by atoms with van der Waals surface area (Å²) in [6.45, 7) is 1.82. The van der Waals surface area contributed by atoms with Crippen molar-refractivity contribution in [2.24, 2.45) is 5.92 Å². The molecule has 2 atom stereocenters. The molecule has 1 spiro atoms. The predicted molar refractivity (Wildman–Crippen MR) is 60.2 cm³/mol. The van der Waals surface area contributed by atoms with Gasteiger partial charge in [0.1, 0.15) is 5.72 Å². The van der Waals surface area contributed by atoms with Crippen molar-refractivity contribution in [1.29, 1.82) is 0 Å². The molecule has 0 aromatic carbocycles. The number of hydrogen-bond donors (Lipinski definition) is 2. The highest BCUT2D eigenvalue weighted by Gasteiger charge is 2.40. The van der Waals surface area contributed by atoms with E-state index in [1.165, 1.54) is 12.8 Å². The molecule has 1 aliphatic carbocycles. The molecule has 1 saturated carbocycles. The van der Waals surface area contributed by atoms with Gasteiger partial charge in [-0.05, 0) is 25.7 Å². The zero-order valence-corrected chi connectivity index (χ0v) is 9.29. The molecule has 74 valence electrons. The molecule has 1 aliphatic heterocycles. The van der Waals surface area contributed by atoms with Crippen molar-refractivity contribution in [2.75, 3.05) is 13.2 Å². The largest absolute Gasteiger partial charge is 0.359 e. The van der Waals surface area contributed by atoms with Crippen LogP contribution in [0, 0.1) is 5.92 Å². The Hall–Kier alpha value is 0.360. The van der Waals surface area contributed by atoms with Crippen LogP contribution in [0.4, 0.5) is 0 Å². The third kappa shape index (κ3) is 2.06. The van der Waals surface area contributed by atoms with Crippen molar-refractivity contribution < 1.29 is 4.74 Å². The summed E-state index contributed by atoms with van der Waals surface area (Å²) >= 11 is 9.38. The molecule has 1 N–H and O–H groups in total. The summed E-state index contributed by atoms with van der Waals surface area (Å²) in [5.74, 6) is 0.456. The van der Waals surface area contributed by atoms with Crippen molar-refractivity contribution in [1.82, 2.24) is 5.32 Å². The van der Waals surface area contributed by atoms with E-state index in [1.807, 2.05) is 0 Å². The van der Waals surface area contributed by atoms with Crippen LogP contribution in [0.1, 0.15) is 25.7 Å². The van der Waals surface area contributed by atoms with Crippen molar-refractivity contribution in [3.05, 3.63) is 0 Å². The van der Waals surface area contributed by atoms with Gasteiger partial charge in [-0.1, -0.05) is 12.2 Å². The van der Waals surface area contributed by atoms with Gasteiger partial charge in [-0.25, -0.2) is 0 Å². The van der Waals surface area contributed by atoms with Crippen LogP contribution in [-0.2, 0) is 4.74 Å². The summed E-state index contributed by atoms with van der Waals surface area (Å²) in [6.07, 6.45) is 4.50. The number of hydrogen-bond acceptors (Lipinski definition) is 3. The van der Waals surface area contributed by atoms with Gasteiger partial charge in [0, 0.05) is 16.7 Å². The summed E-state index contributed by atoms with van der Waals surface area (Å²) in [5, 5.41) is 3.44. The van der Waals surface area contributed by atoms with Crippen LogP contribution in [0.5, 0.6) is 0 Å². The minimum absolute atomic E-state index is 0.0598. The standard InChI is InChI=1S/C9H15NOS2/c12-8(13)7-2-1-3-9(6-7)10-4-5-11-9/h7,10H,1-6H2,(H,12,13). The van der Waals surface area contributed by atoms with Gasteiger partial charge in [-0.2, -0.15) is 0 Å². The van der Waals surface area contributed by atoms with E-state index in [2.05, 4.69) is 17.9 Å². The Morgan fingerprint density at radius 1 is 1.62 bits per heavy atom. The molecular weight excluding hydrogens is 202 g/mol. The maximum absolute atomic E-state index is 5.76. The Morgan fingerprint density at radius 2 is 2.46 bits per heavy atom. The zero-order chi connectivity index (χ0) is 9.31. The zero-order valence-electron chi connectivity index (χ0n) is 7.58. The molecule has 0 aromatic rings. The number of nitrogens with one attached hydrogen (secondary N) is 1. The van der Waals surface area contributed by atoms with Crippen molar-refractivity contribution in [3.63, 3.8) is 0 Å². The molecule has 0 bridgehead atoms. The van der Waals surface area contributed by atoms with Crippen LogP contribution in [0.25, 0.3) is 0 Å². The molecule has 2 nitrogen and oxygen atoms in total. The second-order valence-electron chi connectivity index (χ2n) is 3.90. The average molecular weight is 217 g/mol. The van der Waals surface area contributed by atoms with Crippen LogP contribution >= 0.6 is 24.8 Å². The third-order valence-corrected chi connectivity index (χ3v) is 3.68. The van der Waals surface area contributed by atoms with Gasteiger partial charge in [0.2, 0.25) is 0 Å². The first-order valence-electron chi connectivity index (χ1n) is 4.84. The molecule has 2 unspecified atom stereocenters. The van der Waals surface area contributed by atoms with E-state index in [-0.39, 0.29) is 5.72 Å². The molecular formula is C9H15NOS2. The topological polar surface area (TPSA) is 21.3 Å². The van der Waals surface area contributed by atoms with Gasteiger partial charge < -0.3 is 4.74 Å². The highest BCUT2D eigenvalue weighted by atomic mass is 32.1. The Morgan fingerprint density at radius 3 is 3.08 bits per heavy atom. The molecule has 4 heteroatoms. The molecule has 1 saturated heterocycles. The Labute approximate surface area is 89.8 Å². The fraction of sp³-hybridized carbons (Fsp3) is 0.889. The minimum atomic E-state index is -0.0598. The first kappa shape index (κ1) is 9.90. The number of thiol groups is 1. The van der Waals surface area contributed by atoms with E-state index in [9.17, 15) is 0 Å². The highest BCUT2D eigenvalue weighted by Crippen LogP contribution is 2.36. The lowest BCUT2D eigenvalue weighted by atomic mass is 9.84. The second kappa shape index (κ2) is 3.85. The van der Waals surface area contributed by atoms with Crippen molar-refractivity contribution >= 4 is 29.0 Å². The van der Waals surface area contributed by atoms with Gasteiger partial charge in [0.15, 0.2) is 0 Å². The smallest absolute Gasteiger partial charge is 0.120 e. The lowest BCUT2D eigenvalue weighted by Crippen LogP contribution is -2.46. The highest BCUT2D eigenvalue weighted by molar-refractivity contribution is 8.11. The Balaban J connectivity index is 2.02. The van der Waals surface area contributed by atoms with E-state index >= 15 is 0 Å². The van der Waals surface area contributed by atoms with Gasteiger partial charge in [-0.15, -0.1) is 12.6 Å². The lowest BCUT2D eigenvalue weighted by Gasteiger charge is -2.36. The SMILES string of the molecule is S=C(S)C1CCCC2(C1)NCCO2. The Kier molecular flexibility index (Phi) is 2.93. The van der Waals surface area contributed by atoms with Crippen LogP contribution in [0.15, 0.2) is 0 Å². The molecule has 2 rings (SSSR count). The normalized spacial score (nSPS) is 39.6. The third-order valence-electron chi connectivity index (χ3n) is 2.99. The van der Waals surface area contributed by atoms with Gasteiger partial charge >= 0.3 is 0 Å². The maximum atomic E-state index is 5.76. The van der Waals surface area contributed by atoms with Crippen molar-refractivity contribution in [2.45, 2.75) is 31.4 Å². The molecule has 2 aliphatic rings. The first-order valence-corrected chi connectivity index (χ1v) is 5.69. The fourth-order valence-corrected chi connectivity index (χ4v) is 2.74. The summed E-state index contributed by atoms with van der Waals surface area (Å²) in [6, 6.07) is 0. The molecule has 1 heterocycles. The van der Waals surface area contributed by atoms with Crippen LogP contribution in [0.3, 0.4) is 0 Å². The van der Waals surface area contributed by atoms with Gasteiger partial charge in [0.05, 0.1) is 6.61 Å². The van der Waals surface area contributed by atoms with Gasteiger partial charge in [-0.3, -0.25) is 5.32 Å². The average Bonchev–Trinajstić information content (AvgIpc) is 2.53. The predicted octanol–water partition coefficient (Wildman–Crippen LogP) is 1.75. The monoisotopic (exact) mass is 217 g/mol. The van der Waals surface area contributed by atoms with E-state index in [4.69, 9.17) is 17.0 Å². The molecule has 2 fully saturated rings. The van der Waals surface area contributed by atoms with E-state index in [0.717, 1.165) is 30.2 Å². The van der Waals surface area contributed by atoms with E-state index in [1.54, 1.807) is 0 Å². The molecule has 13 heavy (non-hydrogen) atoms. The number of thiocarbonyl (C=S) groups is 1. The van der Waals surface area contributed by atoms with E-state index < -0.39 is 0 Å². The van der Waals surface area contributed by atoms with Crippen LogP contribution in [0.2, 0.25) is 0 Å². The quantitative estimate of drug-likeness (QED) is 0.516. The van der Waals surface area contributed by atoms with Gasteiger partial charge in [0.25, 0.3) is 0 Å². The van der Waals surface area contributed by atoms with E-state index in [0.29, 0.717) is 5.92 Å². The van der Waals surface area contributed by atoms with Crippen LogP contribution in [-0.4, -0.2) is 23.1 Å². The summed E-state index contributed by atoms with van der Waals surface area (Å²) < 4.78 is 6.60. The minimum Gasteiger partial charge on any atom is -0.359 e. The second-order valence-corrected chi connectivity index (χ2v) is 5.13. The maximum Gasteiger partial charge on any atom is 0.120 e. The summed E-state index contributed by atoms with van der Waals surface area (Å²) in [4.78, 5) is 0. The number of ether oxygens (including phenoxy) is 1. The Bertz CT molecular complexity index is 214. The summed E-state index contributed by atoms with van der Waals surface area (Å²) in [5.41, 5.74) is -0.0598. The summed E-state index contributed by atoms with van der Waals surface area (Å²) in [7, 11) is 0. The molecule has 0 aromatic heterocycles. The lowest BCUT2D eigenvalue weighted by molar-refractivity contribution is -0.0453.